The van der Waals surface area contributed by atoms with Crippen LogP contribution in [-0.2, 0) is 0 Å². The lowest BCUT2D eigenvalue weighted by Crippen LogP contribution is -2.13. The first-order valence-corrected chi connectivity index (χ1v) is 10.3. The van der Waals surface area contributed by atoms with Crippen LogP contribution in [0.1, 0.15) is 21.0 Å². The van der Waals surface area contributed by atoms with Crippen molar-refractivity contribution in [2.45, 2.75) is 0 Å². The molecule has 4 N–H and O–H groups in total. The van der Waals surface area contributed by atoms with Gasteiger partial charge in [-0.3, -0.25) is 19.1 Å². The van der Waals surface area contributed by atoms with Gasteiger partial charge in [0.1, 0.15) is 5.69 Å². The van der Waals surface area contributed by atoms with Crippen LogP contribution in [0.15, 0.2) is 73.0 Å². The molecule has 2 aromatic carbocycles. The SMILES string of the molecule is O=C(Nc1ccc(Br)cc1-c1noc(=O)[nH]1)c1cc2cccc(NC(=O)c3ccno3)c2[nH]1. The molecule has 2 amide bonds. The topological polar surface area (TPSA) is 159 Å². The van der Waals surface area contributed by atoms with Crippen molar-refractivity contribution in [2.75, 3.05) is 10.6 Å². The number of nitrogens with one attached hydrogen (secondary N) is 4. The number of H-pyrrole nitrogens is 2. The third-order valence-corrected chi connectivity index (χ3v) is 5.23. The highest BCUT2D eigenvalue weighted by molar-refractivity contribution is 9.10. The van der Waals surface area contributed by atoms with Gasteiger partial charge >= 0.3 is 5.76 Å². The van der Waals surface area contributed by atoms with Gasteiger partial charge in [0, 0.05) is 21.5 Å². The van der Waals surface area contributed by atoms with Crippen molar-refractivity contribution in [3.05, 3.63) is 81.2 Å². The summed E-state index contributed by atoms with van der Waals surface area (Å²) in [7, 11) is 0. The number of aromatic amines is 2. The zero-order valence-corrected chi connectivity index (χ0v) is 18.1. The van der Waals surface area contributed by atoms with Crippen LogP contribution in [0.5, 0.6) is 0 Å². The van der Waals surface area contributed by atoms with Gasteiger partial charge in [-0.2, -0.15) is 0 Å². The quantitative estimate of drug-likeness (QED) is 0.281. The van der Waals surface area contributed by atoms with Crippen molar-refractivity contribution in [2.24, 2.45) is 0 Å². The Bertz CT molecular complexity index is 1550. The molecule has 12 heteroatoms. The molecular formula is C21H13BrN6O5. The van der Waals surface area contributed by atoms with E-state index in [0.717, 1.165) is 4.47 Å². The van der Waals surface area contributed by atoms with Gasteiger partial charge in [-0.1, -0.05) is 38.4 Å². The number of carbonyl (C=O) groups excluding carboxylic acids is 2. The lowest BCUT2D eigenvalue weighted by molar-refractivity contribution is 0.0986. The summed E-state index contributed by atoms with van der Waals surface area (Å²) in [6.45, 7) is 0. The maximum absolute atomic E-state index is 13.0. The number of benzene rings is 2. The smallest absolute Gasteiger partial charge is 0.351 e. The fourth-order valence-corrected chi connectivity index (χ4v) is 3.62. The number of carbonyl (C=O) groups is 2. The Morgan fingerprint density at radius 1 is 0.939 bits per heavy atom. The predicted molar refractivity (Wildman–Crippen MR) is 121 cm³/mol. The van der Waals surface area contributed by atoms with Crippen LogP contribution in [0.3, 0.4) is 0 Å². The number of anilines is 2. The first-order chi connectivity index (χ1) is 16.0. The van der Waals surface area contributed by atoms with E-state index in [0.29, 0.717) is 27.8 Å². The van der Waals surface area contributed by atoms with Gasteiger partial charge in [-0.15, -0.1) is 0 Å². The second-order valence-electron chi connectivity index (χ2n) is 6.87. The Balaban J connectivity index is 1.44. The lowest BCUT2D eigenvalue weighted by atomic mass is 10.1. The number of aromatic nitrogens is 4. The molecule has 3 aromatic heterocycles. The minimum atomic E-state index is -0.710. The molecule has 0 spiro atoms. The molecule has 0 saturated carbocycles. The normalized spacial score (nSPS) is 10.9. The maximum atomic E-state index is 13.0. The Hall–Kier alpha value is -4.45. The Kier molecular flexibility index (Phi) is 5.11. The van der Waals surface area contributed by atoms with Gasteiger partial charge < -0.3 is 20.1 Å². The Morgan fingerprint density at radius 2 is 1.79 bits per heavy atom. The van der Waals surface area contributed by atoms with E-state index in [4.69, 9.17) is 4.52 Å². The summed E-state index contributed by atoms with van der Waals surface area (Å²) < 4.78 is 10.2. The van der Waals surface area contributed by atoms with E-state index in [-0.39, 0.29) is 17.3 Å². The van der Waals surface area contributed by atoms with Gasteiger partial charge in [-0.25, -0.2) is 4.79 Å². The Morgan fingerprint density at radius 3 is 2.55 bits per heavy atom. The monoisotopic (exact) mass is 508 g/mol. The molecule has 0 fully saturated rings. The molecule has 0 bridgehead atoms. The highest BCUT2D eigenvalue weighted by atomic mass is 79.9. The predicted octanol–water partition coefficient (Wildman–Crippen LogP) is 3.77. The highest BCUT2D eigenvalue weighted by Crippen LogP contribution is 2.30. The van der Waals surface area contributed by atoms with Crippen molar-refractivity contribution in [1.29, 1.82) is 0 Å². The van der Waals surface area contributed by atoms with Crippen LogP contribution in [0.2, 0.25) is 0 Å². The molecule has 3 heterocycles. The molecule has 11 nitrogen and oxygen atoms in total. The fourth-order valence-electron chi connectivity index (χ4n) is 3.26. The molecule has 5 aromatic rings. The van der Waals surface area contributed by atoms with E-state index >= 15 is 0 Å². The van der Waals surface area contributed by atoms with Crippen LogP contribution in [0.25, 0.3) is 22.3 Å². The summed E-state index contributed by atoms with van der Waals surface area (Å²) in [4.78, 5) is 42.2. The number of para-hydroxylation sites is 1. The maximum Gasteiger partial charge on any atom is 0.439 e. The summed E-state index contributed by atoms with van der Waals surface area (Å²) >= 11 is 3.36. The zero-order chi connectivity index (χ0) is 22.9. The van der Waals surface area contributed by atoms with Crippen LogP contribution in [0, 0.1) is 0 Å². The summed E-state index contributed by atoms with van der Waals surface area (Å²) in [5.74, 6) is -1.39. The highest BCUT2D eigenvalue weighted by Gasteiger charge is 2.18. The van der Waals surface area contributed by atoms with E-state index in [1.807, 2.05) is 0 Å². The molecule has 0 aliphatic carbocycles. The molecule has 164 valence electrons. The van der Waals surface area contributed by atoms with E-state index in [9.17, 15) is 14.4 Å². The summed E-state index contributed by atoms with van der Waals surface area (Å²) in [5, 5.41) is 13.5. The van der Waals surface area contributed by atoms with Crippen LogP contribution in [-0.4, -0.2) is 32.1 Å². The number of fused-ring (bicyclic) bond motifs is 1. The number of nitrogens with zero attached hydrogens (tertiary/aromatic N) is 2. The minimum Gasteiger partial charge on any atom is -0.351 e. The van der Waals surface area contributed by atoms with E-state index in [1.165, 1.54) is 12.3 Å². The largest absolute Gasteiger partial charge is 0.439 e. The van der Waals surface area contributed by atoms with E-state index in [1.54, 1.807) is 42.5 Å². The number of hydrogen-bond acceptors (Lipinski definition) is 7. The van der Waals surface area contributed by atoms with Gasteiger partial charge in [0.25, 0.3) is 11.8 Å². The van der Waals surface area contributed by atoms with Gasteiger partial charge in [-0.05, 0) is 30.3 Å². The molecule has 5 rings (SSSR count). The van der Waals surface area contributed by atoms with Crippen molar-refractivity contribution >= 4 is 50.0 Å². The molecule has 0 aliphatic rings. The fraction of sp³-hybridized carbons (Fsp3) is 0. The molecule has 0 aliphatic heterocycles. The molecule has 0 unspecified atom stereocenters. The minimum absolute atomic E-state index is 0.0604. The van der Waals surface area contributed by atoms with Crippen LogP contribution >= 0.6 is 15.9 Å². The van der Waals surface area contributed by atoms with Crippen molar-refractivity contribution in [3.63, 3.8) is 0 Å². The number of amides is 2. The third-order valence-electron chi connectivity index (χ3n) is 4.74. The van der Waals surface area contributed by atoms with Crippen molar-refractivity contribution in [1.82, 2.24) is 20.3 Å². The van der Waals surface area contributed by atoms with Gasteiger partial charge in [0.2, 0.25) is 5.76 Å². The molecular weight excluding hydrogens is 496 g/mol. The van der Waals surface area contributed by atoms with Gasteiger partial charge in [0.15, 0.2) is 5.82 Å². The average Bonchev–Trinajstić information content (AvgIpc) is 3.55. The molecule has 33 heavy (non-hydrogen) atoms. The second kappa shape index (κ2) is 8.24. The standard InChI is InChI=1S/C21H13BrN6O5/c22-11-4-5-13(12(9-11)18-27-21(31)33-28-18)25-19(29)15-8-10-2-1-3-14(17(10)24-15)26-20(30)16-6-7-23-32-16/h1-9,24H,(H,25,29)(H,26,30)(H,27,28,31). The Labute approximate surface area is 192 Å². The first-order valence-electron chi connectivity index (χ1n) is 9.49. The zero-order valence-electron chi connectivity index (χ0n) is 16.5. The van der Waals surface area contributed by atoms with Crippen LogP contribution in [0.4, 0.5) is 11.4 Å². The first kappa shape index (κ1) is 20.5. The van der Waals surface area contributed by atoms with Crippen molar-refractivity contribution in [3.8, 4) is 11.4 Å². The third kappa shape index (κ3) is 4.06. The summed E-state index contributed by atoms with van der Waals surface area (Å²) in [5.41, 5.74) is 2.16. The van der Waals surface area contributed by atoms with Gasteiger partial charge in [0.05, 0.1) is 23.1 Å². The lowest BCUT2D eigenvalue weighted by Gasteiger charge is -2.09. The second-order valence-corrected chi connectivity index (χ2v) is 7.79. The van der Waals surface area contributed by atoms with E-state index in [2.05, 4.69) is 51.4 Å². The molecule has 0 atom stereocenters. The molecule has 0 saturated heterocycles. The summed E-state index contributed by atoms with van der Waals surface area (Å²) in [6, 6.07) is 13.4. The summed E-state index contributed by atoms with van der Waals surface area (Å²) in [6.07, 6.45) is 1.37. The number of hydrogen-bond donors (Lipinski definition) is 4. The average molecular weight is 509 g/mol. The number of rotatable bonds is 5. The van der Waals surface area contributed by atoms with Crippen LogP contribution < -0.4 is 16.4 Å². The number of halogens is 1. The van der Waals surface area contributed by atoms with Crippen molar-refractivity contribution < 1.29 is 18.6 Å². The van der Waals surface area contributed by atoms with E-state index < -0.39 is 17.6 Å². The molecule has 0 radical (unpaired) electrons.